The molecule has 0 aromatic carbocycles. The average Bonchev–Trinajstić information content (AvgIpc) is 2.41. The highest BCUT2D eigenvalue weighted by atomic mass is 79.9. The molecule has 0 radical (unpaired) electrons. The van der Waals surface area contributed by atoms with Crippen molar-refractivity contribution in [2.24, 2.45) is 0 Å². The number of aliphatic hydroxyl groups excluding tert-OH is 1. The van der Waals surface area contributed by atoms with E-state index in [0.29, 0.717) is 35.6 Å². The molecule has 2 N–H and O–H groups in total. The maximum atomic E-state index is 12.2. The van der Waals surface area contributed by atoms with Crippen molar-refractivity contribution < 1.29 is 5.11 Å². The first kappa shape index (κ1) is 14.9. The van der Waals surface area contributed by atoms with Crippen LogP contribution in [0.15, 0.2) is 15.3 Å². The molecule has 0 aliphatic heterocycles. The molecule has 6 nitrogen and oxygen atoms in total. The zero-order valence-electron chi connectivity index (χ0n) is 11.5. The summed E-state index contributed by atoms with van der Waals surface area (Å²) < 4.78 is 2.05. The molecule has 2 heterocycles. The second kappa shape index (κ2) is 6.32. The van der Waals surface area contributed by atoms with E-state index >= 15 is 0 Å². The van der Waals surface area contributed by atoms with Crippen molar-refractivity contribution in [3.05, 3.63) is 26.6 Å². The van der Waals surface area contributed by atoms with Crippen molar-refractivity contribution in [3.63, 3.8) is 0 Å². The fourth-order valence-corrected chi connectivity index (χ4v) is 2.47. The lowest BCUT2D eigenvalue weighted by Crippen LogP contribution is -2.23. The van der Waals surface area contributed by atoms with Crippen molar-refractivity contribution >= 4 is 32.9 Å². The van der Waals surface area contributed by atoms with E-state index in [4.69, 9.17) is 5.11 Å². The number of halogens is 1. The van der Waals surface area contributed by atoms with Gasteiger partial charge < -0.3 is 10.4 Å². The van der Waals surface area contributed by atoms with Gasteiger partial charge in [0, 0.05) is 25.1 Å². The van der Waals surface area contributed by atoms with E-state index in [-0.39, 0.29) is 12.2 Å². The molecule has 0 bridgehead atoms. The SMILES string of the molecule is CCNc1nc(C)c2cc(Br)c(=O)n(CCCO)c2n1. The molecule has 108 valence electrons. The molecule has 20 heavy (non-hydrogen) atoms. The van der Waals surface area contributed by atoms with Crippen molar-refractivity contribution in [1.29, 1.82) is 0 Å². The normalized spacial score (nSPS) is 11.0. The Bertz CT molecular complexity index is 684. The minimum Gasteiger partial charge on any atom is -0.396 e. The van der Waals surface area contributed by atoms with Crippen LogP contribution in [0.2, 0.25) is 0 Å². The number of anilines is 1. The Kier molecular flexibility index (Phi) is 4.72. The van der Waals surface area contributed by atoms with Crippen molar-refractivity contribution in [2.75, 3.05) is 18.5 Å². The molecular formula is C13H17BrN4O2. The quantitative estimate of drug-likeness (QED) is 0.865. The van der Waals surface area contributed by atoms with Crippen LogP contribution in [0.25, 0.3) is 11.0 Å². The monoisotopic (exact) mass is 340 g/mol. The molecule has 2 aromatic heterocycles. The molecule has 7 heteroatoms. The summed E-state index contributed by atoms with van der Waals surface area (Å²) in [6, 6.07) is 1.75. The summed E-state index contributed by atoms with van der Waals surface area (Å²) in [6.45, 7) is 5.02. The van der Waals surface area contributed by atoms with Gasteiger partial charge in [-0.2, -0.15) is 4.98 Å². The molecule has 0 saturated heterocycles. The maximum absolute atomic E-state index is 12.2. The minimum atomic E-state index is -0.147. The summed E-state index contributed by atoms with van der Waals surface area (Å²) in [6.07, 6.45) is 0.505. The summed E-state index contributed by atoms with van der Waals surface area (Å²) in [5.74, 6) is 0.511. The number of aromatic nitrogens is 3. The predicted molar refractivity (Wildman–Crippen MR) is 82.1 cm³/mol. The lowest BCUT2D eigenvalue weighted by Gasteiger charge is -2.12. The Morgan fingerprint density at radius 2 is 2.20 bits per heavy atom. The van der Waals surface area contributed by atoms with Gasteiger partial charge in [-0.3, -0.25) is 9.36 Å². The van der Waals surface area contributed by atoms with Gasteiger partial charge in [-0.15, -0.1) is 0 Å². The van der Waals surface area contributed by atoms with Gasteiger partial charge in [-0.05, 0) is 42.3 Å². The summed E-state index contributed by atoms with van der Waals surface area (Å²) >= 11 is 3.28. The van der Waals surface area contributed by atoms with Crippen LogP contribution < -0.4 is 10.9 Å². The standard InChI is InChI=1S/C13H17BrN4O2/c1-3-15-13-16-8(2)9-7-10(14)12(20)18(5-4-6-19)11(9)17-13/h7,19H,3-6H2,1-2H3,(H,15,16,17). The van der Waals surface area contributed by atoms with Gasteiger partial charge in [0.1, 0.15) is 5.65 Å². The van der Waals surface area contributed by atoms with Crippen LogP contribution in [0.5, 0.6) is 0 Å². The Morgan fingerprint density at radius 3 is 2.85 bits per heavy atom. The number of aliphatic hydroxyl groups is 1. The second-order valence-corrected chi connectivity index (χ2v) is 5.28. The largest absolute Gasteiger partial charge is 0.396 e. The fraction of sp³-hybridized carbons (Fsp3) is 0.462. The van der Waals surface area contributed by atoms with Gasteiger partial charge in [0.05, 0.1) is 10.2 Å². The predicted octanol–water partition coefficient (Wildman–Crippen LogP) is 1.68. The van der Waals surface area contributed by atoms with Crippen LogP contribution in [0.3, 0.4) is 0 Å². The first-order valence-electron chi connectivity index (χ1n) is 6.51. The summed E-state index contributed by atoms with van der Waals surface area (Å²) in [5.41, 5.74) is 1.26. The summed E-state index contributed by atoms with van der Waals surface area (Å²) in [7, 11) is 0. The fourth-order valence-electron chi connectivity index (χ4n) is 2.03. The number of nitrogens with zero attached hydrogens (tertiary/aromatic N) is 3. The third-order valence-electron chi connectivity index (χ3n) is 2.97. The molecule has 2 rings (SSSR count). The zero-order chi connectivity index (χ0) is 14.7. The number of rotatable bonds is 5. The third-order valence-corrected chi connectivity index (χ3v) is 3.54. The summed E-state index contributed by atoms with van der Waals surface area (Å²) in [4.78, 5) is 21.0. The number of pyridine rings is 1. The van der Waals surface area contributed by atoms with E-state index in [1.165, 1.54) is 0 Å². The van der Waals surface area contributed by atoms with Gasteiger partial charge in [0.25, 0.3) is 5.56 Å². The van der Waals surface area contributed by atoms with Crippen LogP contribution in [-0.4, -0.2) is 32.8 Å². The highest BCUT2D eigenvalue weighted by Crippen LogP contribution is 2.19. The number of nitrogens with one attached hydrogen (secondary N) is 1. The van der Waals surface area contributed by atoms with Gasteiger partial charge in [0.2, 0.25) is 5.95 Å². The topological polar surface area (TPSA) is 80.0 Å². The van der Waals surface area contributed by atoms with Crippen LogP contribution in [0.1, 0.15) is 19.0 Å². The van der Waals surface area contributed by atoms with Crippen molar-refractivity contribution in [2.45, 2.75) is 26.8 Å². The van der Waals surface area contributed by atoms with Gasteiger partial charge in [-0.1, -0.05) is 0 Å². The molecule has 0 spiro atoms. The molecule has 0 aliphatic carbocycles. The van der Waals surface area contributed by atoms with Crippen LogP contribution in [0, 0.1) is 6.92 Å². The Hall–Kier alpha value is -1.47. The Balaban J connectivity index is 2.71. The van der Waals surface area contributed by atoms with E-state index in [1.54, 1.807) is 10.6 Å². The molecule has 0 fully saturated rings. The Labute approximate surface area is 125 Å². The van der Waals surface area contributed by atoms with E-state index in [2.05, 4.69) is 31.2 Å². The van der Waals surface area contributed by atoms with Crippen LogP contribution in [-0.2, 0) is 6.54 Å². The molecule has 0 saturated carbocycles. The number of hydrogen-bond acceptors (Lipinski definition) is 5. The molecule has 0 atom stereocenters. The third kappa shape index (κ3) is 2.83. The highest BCUT2D eigenvalue weighted by Gasteiger charge is 2.12. The number of hydrogen-bond donors (Lipinski definition) is 2. The number of fused-ring (bicyclic) bond motifs is 1. The van der Waals surface area contributed by atoms with Gasteiger partial charge in [0.15, 0.2) is 0 Å². The van der Waals surface area contributed by atoms with E-state index in [9.17, 15) is 4.79 Å². The molecule has 2 aromatic rings. The highest BCUT2D eigenvalue weighted by molar-refractivity contribution is 9.10. The summed E-state index contributed by atoms with van der Waals surface area (Å²) in [5, 5.41) is 12.9. The van der Waals surface area contributed by atoms with Crippen molar-refractivity contribution in [1.82, 2.24) is 14.5 Å². The van der Waals surface area contributed by atoms with Crippen molar-refractivity contribution in [3.8, 4) is 0 Å². The Morgan fingerprint density at radius 1 is 1.45 bits per heavy atom. The van der Waals surface area contributed by atoms with E-state index < -0.39 is 0 Å². The average molecular weight is 341 g/mol. The van der Waals surface area contributed by atoms with Crippen LogP contribution in [0.4, 0.5) is 5.95 Å². The van der Waals surface area contributed by atoms with Gasteiger partial charge in [-0.25, -0.2) is 4.98 Å². The van der Waals surface area contributed by atoms with Gasteiger partial charge >= 0.3 is 0 Å². The lowest BCUT2D eigenvalue weighted by atomic mass is 10.2. The second-order valence-electron chi connectivity index (χ2n) is 4.43. The maximum Gasteiger partial charge on any atom is 0.266 e. The lowest BCUT2D eigenvalue weighted by molar-refractivity contribution is 0.279. The first-order chi connectivity index (χ1) is 9.58. The minimum absolute atomic E-state index is 0.0323. The molecule has 0 aliphatic rings. The smallest absolute Gasteiger partial charge is 0.266 e. The first-order valence-corrected chi connectivity index (χ1v) is 7.30. The van der Waals surface area contributed by atoms with E-state index in [0.717, 1.165) is 11.1 Å². The number of aryl methyl sites for hydroxylation is 2. The molecule has 0 amide bonds. The van der Waals surface area contributed by atoms with E-state index in [1.807, 2.05) is 13.8 Å². The molecule has 0 unspecified atom stereocenters. The molecular weight excluding hydrogens is 324 g/mol. The van der Waals surface area contributed by atoms with Crippen LogP contribution >= 0.6 is 15.9 Å². The zero-order valence-corrected chi connectivity index (χ0v) is 13.1.